The first-order chi connectivity index (χ1) is 9.06. The summed E-state index contributed by atoms with van der Waals surface area (Å²) < 4.78 is 11.7. The van der Waals surface area contributed by atoms with Crippen molar-refractivity contribution in [1.82, 2.24) is 9.78 Å². The van der Waals surface area contributed by atoms with Crippen LogP contribution in [0.4, 0.5) is 0 Å². The minimum atomic E-state index is -1.10. The second-order valence-electron chi connectivity index (χ2n) is 4.07. The molecule has 0 fully saturated rings. The Morgan fingerprint density at radius 1 is 1.37 bits per heavy atom. The lowest BCUT2D eigenvalue weighted by Gasteiger charge is -2.05. The smallest absolute Gasteiger partial charge is 0.356 e. The third-order valence-electron chi connectivity index (χ3n) is 2.85. The number of aryl methyl sites for hydroxylation is 1. The van der Waals surface area contributed by atoms with Gasteiger partial charge in [-0.3, -0.25) is 4.68 Å². The summed E-state index contributed by atoms with van der Waals surface area (Å²) in [5, 5.41) is 22.6. The monoisotopic (exact) mass is 262 g/mol. The fourth-order valence-corrected chi connectivity index (χ4v) is 1.98. The Bertz CT molecular complexity index is 677. The van der Waals surface area contributed by atoms with E-state index in [1.807, 2.05) is 0 Å². The SMILES string of the molecule is Cn1nc(C(=O)O)cc1-c1cc(O)c2c(c1)OCO2. The molecule has 0 saturated carbocycles. The highest BCUT2D eigenvalue weighted by molar-refractivity contribution is 5.87. The van der Waals surface area contributed by atoms with Crippen LogP contribution >= 0.6 is 0 Å². The number of benzene rings is 1. The van der Waals surface area contributed by atoms with Crippen molar-refractivity contribution in [1.29, 1.82) is 0 Å². The number of fused-ring (bicyclic) bond motifs is 1. The Hall–Kier alpha value is -2.70. The van der Waals surface area contributed by atoms with Crippen LogP contribution in [-0.4, -0.2) is 32.8 Å². The maximum atomic E-state index is 10.9. The maximum Gasteiger partial charge on any atom is 0.356 e. The van der Waals surface area contributed by atoms with Crippen molar-refractivity contribution in [2.75, 3.05) is 6.79 Å². The van der Waals surface area contributed by atoms with Gasteiger partial charge in [-0.15, -0.1) is 0 Å². The van der Waals surface area contributed by atoms with Crippen molar-refractivity contribution >= 4 is 5.97 Å². The van der Waals surface area contributed by atoms with E-state index < -0.39 is 5.97 Å². The number of aromatic carboxylic acids is 1. The van der Waals surface area contributed by atoms with Gasteiger partial charge in [0.25, 0.3) is 0 Å². The van der Waals surface area contributed by atoms with Crippen LogP contribution in [0.15, 0.2) is 18.2 Å². The molecule has 0 spiro atoms. The van der Waals surface area contributed by atoms with Gasteiger partial charge < -0.3 is 19.7 Å². The van der Waals surface area contributed by atoms with E-state index in [4.69, 9.17) is 14.6 Å². The number of phenolic OH excluding ortho intramolecular Hbond substituents is 1. The first-order valence-electron chi connectivity index (χ1n) is 5.46. The fraction of sp³-hybridized carbons (Fsp3) is 0.167. The van der Waals surface area contributed by atoms with Gasteiger partial charge in [0.1, 0.15) is 0 Å². The average molecular weight is 262 g/mol. The summed E-state index contributed by atoms with van der Waals surface area (Å²) in [6.07, 6.45) is 0. The Morgan fingerprint density at radius 2 is 2.16 bits per heavy atom. The van der Waals surface area contributed by atoms with Gasteiger partial charge in [0, 0.05) is 12.6 Å². The van der Waals surface area contributed by atoms with E-state index in [1.165, 1.54) is 16.8 Å². The molecule has 2 heterocycles. The van der Waals surface area contributed by atoms with Crippen LogP contribution in [-0.2, 0) is 7.05 Å². The number of rotatable bonds is 2. The molecule has 7 heteroatoms. The van der Waals surface area contributed by atoms with Gasteiger partial charge in [-0.05, 0) is 18.2 Å². The molecule has 0 radical (unpaired) electrons. The van der Waals surface area contributed by atoms with Gasteiger partial charge in [-0.2, -0.15) is 5.10 Å². The van der Waals surface area contributed by atoms with Gasteiger partial charge in [-0.25, -0.2) is 4.79 Å². The third kappa shape index (κ3) is 1.75. The van der Waals surface area contributed by atoms with Crippen LogP contribution in [0.5, 0.6) is 17.2 Å². The highest BCUT2D eigenvalue weighted by atomic mass is 16.7. The molecule has 1 aliphatic heterocycles. The molecule has 0 unspecified atom stereocenters. The van der Waals surface area contributed by atoms with E-state index >= 15 is 0 Å². The molecular formula is C12H10N2O5. The number of carboxylic acid groups (broad SMARTS) is 1. The van der Waals surface area contributed by atoms with Crippen molar-refractivity contribution < 1.29 is 24.5 Å². The van der Waals surface area contributed by atoms with Crippen LogP contribution < -0.4 is 9.47 Å². The third-order valence-corrected chi connectivity index (χ3v) is 2.85. The Kier molecular flexibility index (Phi) is 2.34. The maximum absolute atomic E-state index is 10.9. The van der Waals surface area contributed by atoms with E-state index in [2.05, 4.69) is 5.10 Å². The first kappa shape index (κ1) is 11.4. The fourth-order valence-electron chi connectivity index (χ4n) is 1.98. The van der Waals surface area contributed by atoms with Crippen molar-refractivity contribution in [3.8, 4) is 28.5 Å². The molecule has 3 rings (SSSR count). The van der Waals surface area contributed by atoms with Gasteiger partial charge in [0.2, 0.25) is 12.5 Å². The molecule has 0 saturated heterocycles. The molecule has 0 aliphatic carbocycles. The number of aromatic nitrogens is 2. The number of carboxylic acids is 1. The molecular weight excluding hydrogens is 252 g/mol. The number of aromatic hydroxyl groups is 1. The summed E-state index contributed by atoms with van der Waals surface area (Å²) in [5.74, 6) is -0.438. The molecule has 0 bridgehead atoms. The first-order valence-corrected chi connectivity index (χ1v) is 5.46. The quantitative estimate of drug-likeness (QED) is 0.845. The molecule has 0 amide bonds. The van der Waals surface area contributed by atoms with Crippen LogP contribution in [0, 0.1) is 0 Å². The van der Waals surface area contributed by atoms with E-state index in [1.54, 1.807) is 13.1 Å². The number of carbonyl (C=O) groups is 1. The summed E-state index contributed by atoms with van der Waals surface area (Å²) in [4.78, 5) is 10.9. The van der Waals surface area contributed by atoms with Gasteiger partial charge >= 0.3 is 5.97 Å². The standard InChI is InChI=1S/C12H10N2O5/c1-14-8(4-7(13-14)12(16)17)6-2-9(15)11-10(3-6)18-5-19-11/h2-4,15H,5H2,1H3,(H,16,17). The lowest BCUT2D eigenvalue weighted by molar-refractivity contribution is 0.0689. The number of phenols is 1. The largest absolute Gasteiger partial charge is 0.504 e. The van der Waals surface area contributed by atoms with Gasteiger partial charge in [0.15, 0.2) is 17.2 Å². The molecule has 2 N–H and O–H groups in total. The van der Waals surface area contributed by atoms with Crippen molar-refractivity contribution in [2.45, 2.75) is 0 Å². The molecule has 7 nitrogen and oxygen atoms in total. The van der Waals surface area contributed by atoms with Crippen LogP contribution in [0.2, 0.25) is 0 Å². The predicted molar refractivity (Wildman–Crippen MR) is 63.4 cm³/mol. The highest BCUT2D eigenvalue weighted by Crippen LogP contribution is 2.43. The summed E-state index contributed by atoms with van der Waals surface area (Å²) in [7, 11) is 1.63. The van der Waals surface area contributed by atoms with Crippen LogP contribution in [0.1, 0.15) is 10.5 Å². The lowest BCUT2D eigenvalue weighted by Crippen LogP contribution is -1.99. The van der Waals surface area contributed by atoms with Gasteiger partial charge in [0.05, 0.1) is 5.69 Å². The number of hydrogen-bond acceptors (Lipinski definition) is 5. The van der Waals surface area contributed by atoms with E-state index in [0.717, 1.165) is 0 Å². The Morgan fingerprint density at radius 3 is 2.84 bits per heavy atom. The second-order valence-corrected chi connectivity index (χ2v) is 4.07. The van der Waals surface area contributed by atoms with Gasteiger partial charge in [-0.1, -0.05) is 0 Å². The Labute approximate surface area is 107 Å². The average Bonchev–Trinajstić information content (AvgIpc) is 2.95. The molecule has 0 atom stereocenters. The molecule has 19 heavy (non-hydrogen) atoms. The predicted octanol–water partition coefficient (Wildman–Crippen LogP) is 1.22. The number of nitrogens with zero attached hydrogens (tertiary/aromatic N) is 2. The highest BCUT2D eigenvalue weighted by Gasteiger charge is 2.21. The zero-order chi connectivity index (χ0) is 13.6. The molecule has 2 aromatic rings. The zero-order valence-corrected chi connectivity index (χ0v) is 9.95. The van der Waals surface area contributed by atoms with E-state index in [9.17, 15) is 9.90 Å². The summed E-state index contributed by atoms with van der Waals surface area (Å²) in [6, 6.07) is 4.58. The minimum Gasteiger partial charge on any atom is -0.504 e. The Balaban J connectivity index is 2.12. The van der Waals surface area contributed by atoms with E-state index in [-0.39, 0.29) is 18.2 Å². The molecule has 1 aliphatic rings. The van der Waals surface area contributed by atoms with Crippen LogP contribution in [0.25, 0.3) is 11.3 Å². The van der Waals surface area contributed by atoms with Crippen molar-refractivity contribution in [3.63, 3.8) is 0 Å². The normalized spacial score (nSPS) is 12.7. The summed E-state index contributed by atoms with van der Waals surface area (Å²) >= 11 is 0. The van der Waals surface area contributed by atoms with Crippen molar-refractivity contribution in [3.05, 3.63) is 23.9 Å². The zero-order valence-electron chi connectivity index (χ0n) is 9.95. The molecule has 98 valence electrons. The number of ether oxygens (including phenoxy) is 2. The lowest BCUT2D eigenvalue weighted by atomic mass is 10.1. The molecule has 1 aromatic heterocycles. The van der Waals surface area contributed by atoms with Crippen molar-refractivity contribution in [2.24, 2.45) is 7.05 Å². The van der Waals surface area contributed by atoms with E-state index in [0.29, 0.717) is 22.8 Å². The summed E-state index contributed by atoms with van der Waals surface area (Å²) in [5.41, 5.74) is 1.10. The minimum absolute atomic E-state index is 0.0527. The second kappa shape index (κ2) is 3.91. The summed E-state index contributed by atoms with van der Waals surface area (Å²) in [6.45, 7) is 0.0537. The number of hydrogen-bond donors (Lipinski definition) is 2. The topological polar surface area (TPSA) is 93.8 Å². The molecule has 1 aromatic carbocycles. The van der Waals surface area contributed by atoms with Crippen LogP contribution in [0.3, 0.4) is 0 Å².